The van der Waals surface area contributed by atoms with Gasteiger partial charge in [-0.15, -0.1) is 0 Å². The quantitative estimate of drug-likeness (QED) is 0.575. The van der Waals surface area contributed by atoms with E-state index in [1.807, 2.05) is 0 Å². The van der Waals surface area contributed by atoms with E-state index in [0.29, 0.717) is 11.8 Å². The highest BCUT2D eigenvalue weighted by Crippen LogP contribution is 2.32. The minimum atomic E-state index is -0.0922. The zero-order chi connectivity index (χ0) is 8.43. The van der Waals surface area contributed by atoms with Gasteiger partial charge in [-0.25, -0.2) is 0 Å². The molecule has 0 spiro atoms. The fourth-order valence-electron chi connectivity index (χ4n) is 1.75. The Labute approximate surface area is 69.1 Å². The molecule has 0 saturated heterocycles. The first-order valence-electron chi connectivity index (χ1n) is 4.44. The maximum atomic E-state index is 9.56. The number of allylic oxidation sites excluding steroid dienone is 1. The fourth-order valence-corrected chi connectivity index (χ4v) is 1.75. The zero-order valence-corrected chi connectivity index (χ0v) is 7.51. The van der Waals surface area contributed by atoms with Crippen LogP contribution in [0.5, 0.6) is 0 Å². The molecule has 1 nitrogen and oxygen atoms in total. The van der Waals surface area contributed by atoms with Gasteiger partial charge in [-0.05, 0) is 38.0 Å². The lowest BCUT2D eigenvalue weighted by atomic mass is 9.78. The first-order valence-corrected chi connectivity index (χ1v) is 4.44. The lowest BCUT2D eigenvalue weighted by molar-refractivity contribution is 0.0614. The summed E-state index contributed by atoms with van der Waals surface area (Å²) in [6.07, 6.45) is 3.20. The SMILES string of the molecule is C=C(C)C1CC[C@H](C)[C@@H](O)C1. The van der Waals surface area contributed by atoms with Crippen LogP contribution >= 0.6 is 0 Å². The zero-order valence-electron chi connectivity index (χ0n) is 7.51. The summed E-state index contributed by atoms with van der Waals surface area (Å²) in [6.45, 7) is 8.11. The first kappa shape index (κ1) is 8.79. The Kier molecular flexibility index (Phi) is 2.72. The van der Waals surface area contributed by atoms with Gasteiger partial charge in [0, 0.05) is 0 Å². The summed E-state index contributed by atoms with van der Waals surface area (Å²) in [7, 11) is 0. The lowest BCUT2D eigenvalue weighted by Gasteiger charge is -2.31. The molecule has 1 aliphatic carbocycles. The van der Waals surface area contributed by atoms with Gasteiger partial charge in [-0.1, -0.05) is 19.1 Å². The topological polar surface area (TPSA) is 20.2 Å². The molecule has 64 valence electrons. The number of rotatable bonds is 1. The van der Waals surface area contributed by atoms with Crippen LogP contribution in [-0.4, -0.2) is 11.2 Å². The third-order valence-corrected chi connectivity index (χ3v) is 2.85. The smallest absolute Gasteiger partial charge is 0.0571 e. The van der Waals surface area contributed by atoms with Crippen molar-refractivity contribution in [3.8, 4) is 0 Å². The second-order valence-corrected chi connectivity index (χ2v) is 3.90. The van der Waals surface area contributed by atoms with Crippen molar-refractivity contribution in [2.24, 2.45) is 11.8 Å². The van der Waals surface area contributed by atoms with Gasteiger partial charge in [-0.3, -0.25) is 0 Å². The molecule has 0 radical (unpaired) electrons. The second-order valence-electron chi connectivity index (χ2n) is 3.90. The highest BCUT2D eigenvalue weighted by atomic mass is 16.3. The van der Waals surface area contributed by atoms with Gasteiger partial charge in [0.05, 0.1) is 6.10 Å². The molecule has 1 heteroatoms. The number of hydrogen-bond donors (Lipinski definition) is 1. The molecule has 0 aromatic rings. The highest BCUT2D eigenvalue weighted by Gasteiger charge is 2.25. The molecule has 0 aromatic heterocycles. The molecule has 1 rings (SSSR count). The van der Waals surface area contributed by atoms with Crippen LogP contribution in [0.4, 0.5) is 0 Å². The van der Waals surface area contributed by atoms with Crippen LogP contribution in [0, 0.1) is 11.8 Å². The van der Waals surface area contributed by atoms with Crippen LogP contribution in [0.1, 0.15) is 33.1 Å². The van der Waals surface area contributed by atoms with E-state index >= 15 is 0 Å². The Hall–Kier alpha value is -0.300. The van der Waals surface area contributed by atoms with E-state index in [1.165, 1.54) is 12.0 Å². The second kappa shape index (κ2) is 3.40. The summed E-state index contributed by atoms with van der Waals surface area (Å²) >= 11 is 0. The van der Waals surface area contributed by atoms with Gasteiger partial charge in [-0.2, -0.15) is 0 Å². The highest BCUT2D eigenvalue weighted by molar-refractivity contribution is 4.99. The molecule has 3 atom stereocenters. The standard InChI is InChI=1S/C10H18O/c1-7(2)9-5-4-8(3)10(11)6-9/h8-11H,1,4-6H2,2-3H3/t8-,9?,10-/m0/s1. The molecule has 0 heterocycles. The predicted molar refractivity (Wildman–Crippen MR) is 47.3 cm³/mol. The van der Waals surface area contributed by atoms with Gasteiger partial charge in [0.15, 0.2) is 0 Å². The van der Waals surface area contributed by atoms with Crippen LogP contribution in [0.15, 0.2) is 12.2 Å². The van der Waals surface area contributed by atoms with Crippen LogP contribution in [-0.2, 0) is 0 Å². The number of aliphatic hydroxyl groups excluding tert-OH is 1. The molecule has 0 bridgehead atoms. The average Bonchev–Trinajstić information content (AvgIpc) is 1.94. The fraction of sp³-hybridized carbons (Fsp3) is 0.800. The average molecular weight is 154 g/mol. The third-order valence-electron chi connectivity index (χ3n) is 2.85. The molecule has 1 N–H and O–H groups in total. The molecule has 0 amide bonds. The van der Waals surface area contributed by atoms with E-state index in [-0.39, 0.29) is 6.10 Å². The van der Waals surface area contributed by atoms with Crippen LogP contribution in [0.2, 0.25) is 0 Å². The van der Waals surface area contributed by atoms with Crippen LogP contribution in [0.3, 0.4) is 0 Å². The maximum Gasteiger partial charge on any atom is 0.0571 e. The summed E-state index contributed by atoms with van der Waals surface area (Å²) in [5.41, 5.74) is 1.23. The number of hydrogen-bond acceptors (Lipinski definition) is 1. The van der Waals surface area contributed by atoms with E-state index in [4.69, 9.17) is 0 Å². The Morgan fingerprint density at radius 2 is 2.09 bits per heavy atom. The summed E-state index contributed by atoms with van der Waals surface area (Å²) in [5, 5.41) is 9.56. The van der Waals surface area contributed by atoms with Gasteiger partial charge in [0.2, 0.25) is 0 Å². The Morgan fingerprint density at radius 1 is 1.45 bits per heavy atom. The Morgan fingerprint density at radius 3 is 2.55 bits per heavy atom. The van der Waals surface area contributed by atoms with Crippen molar-refractivity contribution in [1.82, 2.24) is 0 Å². The van der Waals surface area contributed by atoms with Gasteiger partial charge in [0.25, 0.3) is 0 Å². The minimum absolute atomic E-state index is 0.0922. The normalized spacial score (nSPS) is 38.6. The molecular formula is C10H18O. The van der Waals surface area contributed by atoms with Crippen molar-refractivity contribution in [3.63, 3.8) is 0 Å². The molecule has 11 heavy (non-hydrogen) atoms. The molecule has 1 aliphatic rings. The van der Waals surface area contributed by atoms with Crippen molar-refractivity contribution in [3.05, 3.63) is 12.2 Å². The Balaban J connectivity index is 2.46. The summed E-state index contributed by atoms with van der Waals surface area (Å²) < 4.78 is 0. The minimum Gasteiger partial charge on any atom is -0.393 e. The van der Waals surface area contributed by atoms with Gasteiger partial charge >= 0.3 is 0 Å². The third kappa shape index (κ3) is 2.06. The van der Waals surface area contributed by atoms with Gasteiger partial charge < -0.3 is 5.11 Å². The molecule has 1 fully saturated rings. The van der Waals surface area contributed by atoms with Crippen molar-refractivity contribution in [1.29, 1.82) is 0 Å². The maximum absolute atomic E-state index is 9.56. The van der Waals surface area contributed by atoms with E-state index in [0.717, 1.165) is 12.8 Å². The molecular weight excluding hydrogens is 136 g/mol. The molecule has 0 aromatic carbocycles. The summed E-state index contributed by atoms with van der Waals surface area (Å²) in [5.74, 6) is 1.06. The van der Waals surface area contributed by atoms with Crippen LogP contribution in [0.25, 0.3) is 0 Å². The summed E-state index contributed by atoms with van der Waals surface area (Å²) in [6, 6.07) is 0. The van der Waals surface area contributed by atoms with Crippen molar-refractivity contribution >= 4 is 0 Å². The lowest BCUT2D eigenvalue weighted by Crippen LogP contribution is -2.27. The van der Waals surface area contributed by atoms with E-state index < -0.39 is 0 Å². The molecule has 0 aliphatic heterocycles. The Bertz CT molecular complexity index is 151. The van der Waals surface area contributed by atoms with E-state index in [1.54, 1.807) is 0 Å². The van der Waals surface area contributed by atoms with Crippen molar-refractivity contribution < 1.29 is 5.11 Å². The largest absolute Gasteiger partial charge is 0.393 e. The van der Waals surface area contributed by atoms with E-state index in [9.17, 15) is 5.11 Å². The summed E-state index contributed by atoms with van der Waals surface area (Å²) in [4.78, 5) is 0. The van der Waals surface area contributed by atoms with Gasteiger partial charge in [0.1, 0.15) is 0 Å². The monoisotopic (exact) mass is 154 g/mol. The van der Waals surface area contributed by atoms with Crippen molar-refractivity contribution in [2.45, 2.75) is 39.2 Å². The molecule has 1 unspecified atom stereocenters. The number of aliphatic hydroxyl groups is 1. The predicted octanol–water partition coefficient (Wildman–Crippen LogP) is 2.36. The van der Waals surface area contributed by atoms with Crippen molar-refractivity contribution in [2.75, 3.05) is 0 Å². The van der Waals surface area contributed by atoms with Crippen LogP contribution < -0.4 is 0 Å². The first-order chi connectivity index (χ1) is 5.11. The molecule has 1 saturated carbocycles. The van der Waals surface area contributed by atoms with E-state index in [2.05, 4.69) is 20.4 Å².